The molecule has 1 saturated carbocycles. The summed E-state index contributed by atoms with van der Waals surface area (Å²) in [5.41, 5.74) is 8.98. The minimum atomic E-state index is 0.296. The lowest BCUT2D eigenvalue weighted by atomic mass is 9.72. The molecular weight excluding hydrogens is 286 g/mol. The fraction of sp³-hybridized carbons (Fsp3) is 0.778. The Balaban J connectivity index is 1.58. The highest BCUT2D eigenvalue weighted by atomic mass is 15.1. The molecule has 2 heterocycles. The van der Waals surface area contributed by atoms with Crippen molar-refractivity contribution in [2.24, 2.45) is 0 Å². The smallest absolute Gasteiger partial charge is 0.222 e. The van der Waals surface area contributed by atoms with Gasteiger partial charge in [-0.3, -0.25) is 0 Å². The maximum atomic E-state index is 6.06. The van der Waals surface area contributed by atoms with Gasteiger partial charge in [0.15, 0.2) is 0 Å². The quantitative estimate of drug-likeness (QED) is 0.799. The standard InChI is InChI=1S/C18H29N5/c19-17-22-15-14(7-5-10-18(15)8-2-3-9-18)16(23-17)21-12-13-6-1-4-11-20-13/h13,20H,1-12H2,(H3,19,21,22,23). The third-order valence-corrected chi connectivity index (χ3v) is 6.10. The summed E-state index contributed by atoms with van der Waals surface area (Å²) in [6.45, 7) is 2.08. The number of nitrogen functional groups attached to an aromatic ring is 1. The summed E-state index contributed by atoms with van der Waals surface area (Å²) in [6, 6.07) is 0.555. The molecule has 1 aromatic rings. The third kappa shape index (κ3) is 2.91. The fourth-order valence-corrected chi connectivity index (χ4v) is 4.90. The molecular formula is C18H29N5. The van der Waals surface area contributed by atoms with Gasteiger partial charge in [-0.1, -0.05) is 19.3 Å². The normalized spacial score (nSPS) is 26.2. The van der Waals surface area contributed by atoms with Crippen LogP contribution in [0.4, 0.5) is 11.8 Å². The summed E-state index contributed by atoms with van der Waals surface area (Å²) in [5, 5.41) is 7.19. The van der Waals surface area contributed by atoms with Crippen LogP contribution in [0.25, 0.3) is 0 Å². The zero-order valence-corrected chi connectivity index (χ0v) is 14.0. The summed E-state index contributed by atoms with van der Waals surface area (Å²) in [5.74, 6) is 1.45. The van der Waals surface area contributed by atoms with Crippen LogP contribution in [0.15, 0.2) is 0 Å². The van der Waals surface area contributed by atoms with E-state index in [2.05, 4.69) is 15.6 Å². The van der Waals surface area contributed by atoms with E-state index in [9.17, 15) is 0 Å². The minimum absolute atomic E-state index is 0.296. The number of hydrogen-bond donors (Lipinski definition) is 3. The van der Waals surface area contributed by atoms with Gasteiger partial charge in [-0.15, -0.1) is 0 Å². The molecule has 1 unspecified atom stereocenters. The van der Waals surface area contributed by atoms with Crippen LogP contribution in [-0.4, -0.2) is 29.1 Å². The Morgan fingerprint density at radius 2 is 1.91 bits per heavy atom. The summed E-state index contributed by atoms with van der Waals surface area (Å²) in [4.78, 5) is 9.27. The zero-order chi connectivity index (χ0) is 15.7. The second kappa shape index (κ2) is 6.27. The van der Waals surface area contributed by atoms with E-state index < -0.39 is 0 Å². The fourth-order valence-electron chi connectivity index (χ4n) is 4.90. The first kappa shape index (κ1) is 15.2. The molecule has 0 amide bonds. The average molecular weight is 315 g/mol. The number of fused-ring (bicyclic) bond motifs is 2. The number of piperidine rings is 1. The van der Waals surface area contributed by atoms with E-state index in [0.717, 1.165) is 25.3 Å². The molecule has 23 heavy (non-hydrogen) atoms. The van der Waals surface area contributed by atoms with Gasteiger partial charge in [0.1, 0.15) is 5.82 Å². The zero-order valence-electron chi connectivity index (χ0n) is 14.0. The van der Waals surface area contributed by atoms with E-state index >= 15 is 0 Å². The topological polar surface area (TPSA) is 75.9 Å². The number of nitrogens with one attached hydrogen (secondary N) is 2. The van der Waals surface area contributed by atoms with E-state index in [1.54, 1.807) is 0 Å². The maximum Gasteiger partial charge on any atom is 0.222 e. The number of nitrogens with zero attached hydrogens (tertiary/aromatic N) is 2. The van der Waals surface area contributed by atoms with Crippen LogP contribution in [-0.2, 0) is 11.8 Å². The number of aromatic nitrogens is 2. The highest BCUT2D eigenvalue weighted by molar-refractivity contribution is 5.53. The summed E-state index contributed by atoms with van der Waals surface area (Å²) < 4.78 is 0. The van der Waals surface area contributed by atoms with Gasteiger partial charge in [0.2, 0.25) is 5.95 Å². The molecule has 0 radical (unpaired) electrons. The molecule has 4 rings (SSSR count). The second-order valence-corrected chi connectivity index (χ2v) is 7.63. The number of nitrogens with two attached hydrogens (primary N) is 1. The van der Waals surface area contributed by atoms with Gasteiger partial charge in [-0.05, 0) is 51.5 Å². The van der Waals surface area contributed by atoms with Crippen molar-refractivity contribution in [1.29, 1.82) is 0 Å². The van der Waals surface area contributed by atoms with E-state index in [-0.39, 0.29) is 0 Å². The van der Waals surface area contributed by atoms with Crippen LogP contribution in [0.3, 0.4) is 0 Å². The van der Waals surface area contributed by atoms with Crippen LogP contribution >= 0.6 is 0 Å². The second-order valence-electron chi connectivity index (χ2n) is 7.63. The Bertz CT molecular complexity index is 559. The first-order valence-electron chi connectivity index (χ1n) is 9.41. The van der Waals surface area contributed by atoms with Gasteiger partial charge in [0.25, 0.3) is 0 Å². The van der Waals surface area contributed by atoms with Crippen molar-refractivity contribution < 1.29 is 0 Å². The molecule has 5 heteroatoms. The van der Waals surface area contributed by atoms with Crippen molar-refractivity contribution in [1.82, 2.24) is 15.3 Å². The van der Waals surface area contributed by atoms with Crippen LogP contribution in [0.5, 0.6) is 0 Å². The largest absolute Gasteiger partial charge is 0.368 e. The molecule has 4 N–H and O–H groups in total. The van der Waals surface area contributed by atoms with Crippen LogP contribution in [0.1, 0.15) is 69.0 Å². The Labute approximate surface area is 138 Å². The number of anilines is 2. The predicted octanol–water partition coefficient (Wildman–Crippen LogP) is 2.76. The van der Waals surface area contributed by atoms with Gasteiger partial charge >= 0.3 is 0 Å². The Kier molecular flexibility index (Phi) is 4.14. The monoisotopic (exact) mass is 315 g/mol. The van der Waals surface area contributed by atoms with Gasteiger partial charge in [0.05, 0.1) is 5.69 Å². The van der Waals surface area contributed by atoms with Gasteiger partial charge < -0.3 is 16.4 Å². The van der Waals surface area contributed by atoms with Crippen molar-refractivity contribution in [2.75, 3.05) is 24.1 Å². The molecule has 2 aliphatic carbocycles. The van der Waals surface area contributed by atoms with Crippen molar-refractivity contribution in [3.8, 4) is 0 Å². The van der Waals surface area contributed by atoms with Crippen LogP contribution < -0.4 is 16.4 Å². The van der Waals surface area contributed by atoms with Crippen molar-refractivity contribution >= 4 is 11.8 Å². The Hall–Kier alpha value is -1.36. The molecule has 1 aliphatic heterocycles. The van der Waals surface area contributed by atoms with Gasteiger partial charge in [-0.2, -0.15) is 4.98 Å². The van der Waals surface area contributed by atoms with E-state index in [1.165, 1.54) is 69.0 Å². The molecule has 3 aliphatic rings. The third-order valence-electron chi connectivity index (χ3n) is 6.10. The highest BCUT2D eigenvalue weighted by Gasteiger charge is 2.41. The lowest BCUT2D eigenvalue weighted by Crippen LogP contribution is -2.39. The summed E-state index contributed by atoms with van der Waals surface area (Å²) in [7, 11) is 0. The lowest BCUT2D eigenvalue weighted by molar-refractivity contribution is 0.357. The lowest BCUT2D eigenvalue weighted by Gasteiger charge is -2.35. The van der Waals surface area contributed by atoms with E-state index in [0.29, 0.717) is 17.4 Å². The molecule has 5 nitrogen and oxygen atoms in total. The molecule has 1 aromatic heterocycles. The Morgan fingerprint density at radius 1 is 1.09 bits per heavy atom. The van der Waals surface area contributed by atoms with Crippen molar-refractivity contribution in [2.45, 2.75) is 75.7 Å². The molecule has 2 fully saturated rings. The molecule has 1 spiro atoms. The molecule has 126 valence electrons. The minimum Gasteiger partial charge on any atom is -0.368 e. The van der Waals surface area contributed by atoms with E-state index in [1.807, 2.05) is 0 Å². The molecule has 0 aromatic carbocycles. The SMILES string of the molecule is Nc1nc(NCC2CCCCN2)c2c(n1)C1(CCCC1)CCC2. The van der Waals surface area contributed by atoms with Gasteiger partial charge in [0, 0.05) is 23.6 Å². The van der Waals surface area contributed by atoms with Crippen LogP contribution in [0, 0.1) is 0 Å². The summed E-state index contributed by atoms with van der Waals surface area (Å²) in [6.07, 6.45) is 12.7. The molecule has 1 atom stereocenters. The molecule has 1 saturated heterocycles. The first-order chi connectivity index (χ1) is 11.3. The van der Waals surface area contributed by atoms with Crippen molar-refractivity contribution in [3.05, 3.63) is 11.3 Å². The van der Waals surface area contributed by atoms with Crippen molar-refractivity contribution in [3.63, 3.8) is 0 Å². The number of rotatable bonds is 3. The first-order valence-corrected chi connectivity index (χ1v) is 9.41. The molecule has 0 bridgehead atoms. The van der Waals surface area contributed by atoms with Gasteiger partial charge in [-0.25, -0.2) is 4.98 Å². The average Bonchev–Trinajstić information content (AvgIpc) is 3.04. The predicted molar refractivity (Wildman–Crippen MR) is 93.7 cm³/mol. The Morgan fingerprint density at radius 3 is 2.70 bits per heavy atom. The number of hydrogen-bond acceptors (Lipinski definition) is 5. The summed E-state index contributed by atoms with van der Waals surface area (Å²) >= 11 is 0. The highest BCUT2D eigenvalue weighted by Crippen LogP contribution is 2.49. The van der Waals surface area contributed by atoms with E-state index in [4.69, 9.17) is 10.7 Å². The maximum absolute atomic E-state index is 6.06. The van der Waals surface area contributed by atoms with Crippen LogP contribution in [0.2, 0.25) is 0 Å².